The molecule has 0 spiro atoms. The predicted octanol–water partition coefficient (Wildman–Crippen LogP) is -0.404. The molecule has 1 unspecified atom stereocenters. The highest BCUT2D eigenvalue weighted by Crippen LogP contribution is 2.13. The molecule has 0 radical (unpaired) electrons. The second-order valence-electron chi connectivity index (χ2n) is 3.76. The van der Waals surface area contributed by atoms with Crippen molar-refractivity contribution >= 4 is 15.9 Å². The van der Waals surface area contributed by atoms with Crippen molar-refractivity contribution in [3.05, 3.63) is 0 Å². The van der Waals surface area contributed by atoms with E-state index in [0.717, 1.165) is 0 Å². The number of hydrogen-bond donors (Lipinski definition) is 2. The number of amides is 1. The van der Waals surface area contributed by atoms with E-state index in [-0.39, 0.29) is 18.2 Å². The lowest BCUT2D eigenvalue weighted by Crippen LogP contribution is -2.46. The number of rotatable bonds is 7. The zero-order valence-corrected chi connectivity index (χ0v) is 10.8. The molecule has 0 heterocycles. The van der Waals surface area contributed by atoms with Gasteiger partial charge >= 0.3 is 0 Å². The molecule has 0 aliphatic heterocycles. The first-order valence-corrected chi connectivity index (χ1v) is 6.80. The van der Waals surface area contributed by atoms with Crippen LogP contribution >= 0.6 is 0 Å². The molecule has 0 bridgehead atoms. The number of nitrogens with one attached hydrogen (secondary N) is 1. The summed E-state index contributed by atoms with van der Waals surface area (Å²) in [6, 6.07) is 0. The Labute approximate surface area is 96.6 Å². The molecule has 3 N–H and O–H groups in total. The van der Waals surface area contributed by atoms with Crippen molar-refractivity contribution in [2.24, 2.45) is 5.14 Å². The molecule has 0 aromatic rings. The van der Waals surface area contributed by atoms with E-state index in [4.69, 9.17) is 9.88 Å². The molecule has 6 nitrogen and oxygen atoms in total. The van der Waals surface area contributed by atoms with Crippen LogP contribution in [-0.2, 0) is 19.6 Å². The van der Waals surface area contributed by atoms with Crippen molar-refractivity contribution in [2.75, 3.05) is 19.4 Å². The van der Waals surface area contributed by atoms with Gasteiger partial charge in [0, 0.05) is 13.7 Å². The molecule has 0 aliphatic carbocycles. The summed E-state index contributed by atoms with van der Waals surface area (Å²) in [6.07, 6.45) is 0.846. The molecule has 0 aliphatic rings. The second kappa shape index (κ2) is 6.17. The Morgan fingerprint density at radius 3 is 2.44 bits per heavy atom. The van der Waals surface area contributed by atoms with Crippen LogP contribution in [0.1, 0.15) is 26.7 Å². The number of carbonyl (C=O) groups excluding carboxylic acids is 1. The Hall–Kier alpha value is -0.660. The normalized spacial score (nSPS) is 15.5. The first-order valence-electron chi connectivity index (χ1n) is 5.09. The fourth-order valence-electron chi connectivity index (χ4n) is 1.06. The maximum absolute atomic E-state index is 11.6. The van der Waals surface area contributed by atoms with Crippen molar-refractivity contribution in [1.29, 1.82) is 0 Å². The van der Waals surface area contributed by atoms with Crippen LogP contribution in [0.2, 0.25) is 0 Å². The Morgan fingerprint density at radius 1 is 1.50 bits per heavy atom. The molecule has 96 valence electrons. The summed E-state index contributed by atoms with van der Waals surface area (Å²) < 4.78 is 26.3. The Balaban J connectivity index is 3.99. The van der Waals surface area contributed by atoms with Gasteiger partial charge in [-0.15, -0.1) is 0 Å². The zero-order valence-electron chi connectivity index (χ0n) is 9.95. The number of ether oxygens (including phenoxy) is 1. The van der Waals surface area contributed by atoms with Crippen LogP contribution in [-0.4, -0.2) is 39.3 Å². The molecular formula is C9H20N2O4S. The third-order valence-corrected chi connectivity index (χ3v) is 3.35. The topological polar surface area (TPSA) is 98.5 Å². The number of nitrogens with two attached hydrogens (primary N) is 1. The van der Waals surface area contributed by atoms with Crippen LogP contribution in [0.15, 0.2) is 0 Å². The van der Waals surface area contributed by atoms with Gasteiger partial charge in [0.2, 0.25) is 10.0 Å². The fraction of sp³-hybridized carbons (Fsp3) is 0.889. The molecule has 16 heavy (non-hydrogen) atoms. The van der Waals surface area contributed by atoms with E-state index in [1.54, 1.807) is 6.92 Å². The van der Waals surface area contributed by atoms with Crippen molar-refractivity contribution in [2.45, 2.75) is 32.3 Å². The maximum atomic E-state index is 11.6. The SMILES string of the molecule is CCC(C)(OC)C(=O)NCCCS(N)(=O)=O. The lowest BCUT2D eigenvalue weighted by Gasteiger charge is -2.25. The van der Waals surface area contributed by atoms with Crippen LogP contribution < -0.4 is 10.5 Å². The van der Waals surface area contributed by atoms with Crippen molar-refractivity contribution in [3.8, 4) is 0 Å². The van der Waals surface area contributed by atoms with E-state index in [1.165, 1.54) is 7.11 Å². The highest BCUT2D eigenvalue weighted by Gasteiger charge is 2.30. The largest absolute Gasteiger partial charge is 0.369 e. The van der Waals surface area contributed by atoms with Gasteiger partial charge in [-0.2, -0.15) is 0 Å². The Morgan fingerprint density at radius 2 is 2.06 bits per heavy atom. The number of hydrogen-bond acceptors (Lipinski definition) is 4. The summed E-state index contributed by atoms with van der Waals surface area (Å²) in [7, 11) is -1.99. The van der Waals surface area contributed by atoms with E-state index >= 15 is 0 Å². The second-order valence-corrected chi connectivity index (χ2v) is 5.50. The summed E-state index contributed by atoms with van der Waals surface area (Å²) in [5, 5.41) is 7.44. The van der Waals surface area contributed by atoms with Crippen molar-refractivity contribution in [1.82, 2.24) is 5.32 Å². The minimum absolute atomic E-state index is 0.136. The molecule has 7 heteroatoms. The quantitative estimate of drug-likeness (QED) is 0.602. The smallest absolute Gasteiger partial charge is 0.251 e. The predicted molar refractivity (Wildman–Crippen MR) is 61.3 cm³/mol. The van der Waals surface area contributed by atoms with Gasteiger partial charge in [0.1, 0.15) is 5.60 Å². The highest BCUT2D eigenvalue weighted by atomic mass is 32.2. The van der Waals surface area contributed by atoms with Gasteiger partial charge in [-0.1, -0.05) is 6.92 Å². The van der Waals surface area contributed by atoms with Gasteiger partial charge in [0.25, 0.3) is 5.91 Å². The van der Waals surface area contributed by atoms with E-state index in [2.05, 4.69) is 5.32 Å². The molecule has 1 amide bonds. The highest BCUT2D eigenvalue weighted by molar-refractivity contribution is 7.89. The van der Waals surface area contributed by atoms with Crippen LogP contribution in [0.4, 0.5) is 0 Å². The molecule has 1 atom stereocenters. The maximum Gasteiger partial charge on any atom is 0.251 e. The van der Waals surface area contributed by atoms with Crippen molar-refractivity contribution < 1.29 is 17.9 Å². The van der Waals surface area contributed by atoms with E-state index in [0.29, 0.717) is 12.8 Å². The molecule has 0 saturated carbocycles. The van der Waals surface area contributed by atoms with Gasteiger partial charge in [-0.05, 0) is 19.8 Å². The van der Waals surface area contributed by atoms with Gasteiger partial charge in [0.05, 0.1) is 5.75 Å². The number of sulfonamides is 1. The van der Waals surface area contributed by atoms with E-state index in [9.17, 15) is 13.2 Å². The number of methoxy groups -OCH3 is 1. The van der Waals surface area contributed by atoms with E-state index < -0.39 is 15.6 Å². The molecule has 0 aromatic carbocycles. The number of carbonyl (C=O) groups is 1. The van der Waals surface area contributed by atoms with E-state index in [1.807, 2.05) is 6.92 Å². The first kappa shape index (κ1) is 15.3. The van der Waals surface area contributed by atoms with Gasteiger partial charge in [0.15, 0.2) is 0 Å². The molecule has 0 rings (SSSR count). The average Bonchev–Trinajstić information content (AvgIpc) is 2.21. The summed E-state index contributed by atoms with van der Waals surface area (Å²) in [4.78, 5) is 11.6. The van der Waals surface area contributed by atoms with Crippen LogP contribution in [0.25, 0.3) is 0 Å². The van der Waals surface area contributed by atoms with Crippen LogP contribution in [0.5, 0.6) is 0 Å². The Kier molecular flexibility index (Phi) is 5.91. The molecular weight excluding hydrogens is 232 g/mol. The fourth-order valence-corrected chi connectivity index (χ4v) is 1.61. The standard InChI is InChI=1S/C9H20N2O4S/c1-4-9(2,15-3)8(12)11-6-5-7-16(10,13)14/h4-7H2,1-3H3,(H,11,12)(H2,10,13,14). The summed E-state index contributed by atoms with van der Waals surface area (Å²) in [5.74, 6) is -0.379. The van der Waals surface area contributed by atoms with Gasteiger partial charge in [-0.3, -0.25) is 4.79 Å². The third-order valence-electron chi connectivity index (χ3n) is 2.50. The average molecular weight is 252 g/mol. The monoisotopic (exact) mass is 252 g/mol. The minimum atomic E-state index is -3.45. The van der Waals surface area contributed by atoms with Crippen molar-refractivity contribution in [3.63, 3.8) is 0 Å². The summed E-state index contributed by atoms with van der Waals surface area (Å²) >= 11 is 0. The Bertz CT molecular complexity index is 322. The van der Waals surface area contributed by atoms with Crippen LogP contribution in [0, 0.1) is 0 Å². The number of primary sulfonamides is 1. The van der Waals surface area contributed by atoms with Gasteiger partial charge in [-0.25, -0.2) is 13.6 Å². The van der Waals surface area contributed by atoms with Gasteiger partial charge < -0.3 is 10.1 Å². The minimum Gasteiger partial charge on any atom is -0.369 e. The molecule has 0 saturated heterocycles. The lowest BCUT2D eigenvalue weighted by atomic mass is 10.0. The molecule has 0 fully saturated rings. The first-order chi connectivity index (χ1) is 7.25. The third kappa shape index (κ3) is 5.43. The zero-order chi connectivity index (χ0) is 12.8. The van der Waals surface area contributed by atoms with Crippen LogP contribution in [0.3, 0.4) is 0 Å². The lowest BCUT2D eigenvalue weighted by molar-refractivity contribution is -0.141. The summed E-state index contributed by atoms with van der Waals surface area (Å²) in [5.41, 5.74) is -0.860. The molecule has 0 aromatic heterocycles. The summed E-state index contributed by atoms with van der Waals surface area (Å²) in [6.45, 7) is 3.80.